The highest BCUT2D eigenvalue weighted by atomic mass is 16.5. The number of nitrogens with one attached hydrogen (secondary N) is 1. The highest BCUT2D eigenvalue weighted by Gasteiger charge is 2.12. The van der Waals surface area contributed by atoms with Crippen LogP contribution in [0.3, 0.4) is 0 Å². The van der Waals surface area contributed by atoms with E-state index in [2.05, 4.69) is 20.4 Å². The maximum absolute atomic E-state index is 8.00. The fourth-order valence-corrected chi connectivity index (χ4v) is 1.70. The van der Waals surface area contributed by atoms with Gasteiger partial charge >= 0.3 is 0 Å². The number of pyridine rings is 1. The number of hydrogen-bond donors (Lipinski definition) is 1. The summed E-state index contributed by atoms with van der Waals surface area (Å²) in [7, 11) is 1.86. The monoisotopic (exact) mass is 292 g/mol. The van der Waals surface area contributed by atoms with Crippen LogP contribution in [-0.4, -0.2) is 42.2 Å². The number of carbonyl (C=O) groups excluding carboxylic acids is 1. The lowest BCUT2D eigenvalue weighted by Gasteiger charge is -2.03. The van der Waals surface area contributed by atoms with Crippen molar-refractivity contribution in [2.75, 3.05) is 25.6 Å². The molecule has 0 aliphatic carbocycles. The smallest absolute Gasteiger partial charge is 0.229 e. The Hall–Kier alpha value is -2.28. The Balaban J connectivity index is 0.00000106. The molecule has 114 valence electrons. The van der Waals surface area contributed by atoms with Crippen molar-refractivity contribution in [2.45, 2.75) is 20.3 Å². The van der Waals surface area contributed by atoms with E-state index < -0.39 is 0 Å². The van der Waals surface area contributed by atoms with Crippen molar-refractivity contribution in [3.63, 3.8) is 0 Å². The van der Waals surface area contributed by atoms with Gasteiger partial charge in [-0.2, -0.15) is 4.98 Å². The predicted molar refractivity (Wildman–Crippen MR) is 79.1 cm³/mol. The molecule has 0 amide bonds. The molecule has 0 atom stereocenters. The van der Waals surface area contributed by atoms with E-state index in [4.69, 9.17) is 14.1 Å². The molecule has 0 aromatic carbocycles. The minimum Gasteiger partial charge on any atom is -0.387 e. The van der Waals surface area contributed by atoms with Crippen molar-refractivity contribution in [3.05, 3.63) is 23.7 Å². The summed E-state index contributed by atoms with van der Waals surface area (Å²) in [6, 6.07) is 2.00. The Kier molecular flexibility index (Phi) is 7.03. The zero-order valence-corrected chi connectivity index (χ0v) is 12.5. The normalized spacial score (nSPS) is 9.86. The van der Waals surface area contributed by atoms with Crippen molar-refractivity contribution < 1.29 is 14.1 Å². The molecule has 0 radical (unpaired) electrons. The predicted octanol–water partition coefficient (Wildman–Crippen LogP) is 1.88. The van der Waals surface area contributed by atoms with Gasteiger partial charge in [-0.1, -0.05) is 5.16 Å². The second kappa shape index (κ2) is 8.80. The topological polar surface area (TPSA) is 90.1 Å². The van der Waals surface area contributed by atoms with Gasteiger partial charge in [-0.25, -0.2) is 0 Å². The number of rotatable bonds is 6. The van der Waals surface area contributed by atoms with Crippen LogP contribution in [0.4, 0.5) is 5.69 Å². The van der Waals surface area contributed by atoms with Crippen LogP contribution in [0.2, 0.25) is 0 Å². The lowest BCUT2D eigenvalue weighted by atomic mass is 10.2. The van der Waals surface area contributed by atoms with Gasteiger partial charge < -0.3 is 19.4 Å². The summed E-state index contributed by atoms with van der Waals surface area (Å²) < 4.78 is 10.4. The lowest BCUT2D eigenvalue weighted by molar-refractivity contribution is -0.0979. The van der Waals surface area contributed by atoms with Gasteiger partial charge in [0.2, 0.25) is 11.7 Å². The third kappa shape index (κ3) is 4.64. The van der Waals surface area contributed by atoms with Crippen LogP contribution in [-0.2, 0) is 16.0 Å². The number of ether oxygens (including phenoxy) is 1. The van der Waals surface area contributed by atoms with E-state index in [0.29, 0.717) is 31.3 Å². The standard InChI is InChI=1S/C13H18N4O2.CH2O/c1-4-18-6-5-11-16-13(17-19-11)12-9(2)7-10(14-3)8-15-12;1-2/h7-8,14H,4-6H2,1-3H3;1H2. The first-order valence-corrected chi connectivity index (χ1v) is 6.58. The number of aromatic nitrogens is 3. The first-order chi connectivity index (χ1) is 10.2. The van der Waals surface area contributed by atoms with Gasteiger partial charge in [-0.15, -0.1) is 0 Å². The van der Waals surface area contributed by atoms with E-state index in [0.717, 1.165) is 16.9 Å². The average molecular weight is 292 g/mol. The molecule has 21 heavy (non-hydrogen) atoms. The molecule has 0 spiro atoms. The van der Waals surface area contributed by atoms with E-state index in [1.165, 1.54) is 0 Å². The number of nitrogens with zero attached hydrogens (tertiary/aromatic N) is 3. The van der Waals surface area contributed by atoms with E-state index >= 15 is 0 Å². The zero-order chi connectivity index (χ0) is 15.7. The maximum Gasteiger partial charge on any atom is 0.229 e. The van der Waals surface area contributed by atoms with Gasteiger partial charge in [-0.3, -0.25) is 4.98 Å². The third-order valence-electron chi connectivity index (χ3n) is 2.71. The van der Waals surface area contributed by atoms with E-state index in [1.54, 1.807) is 6.20 Å². The van der Waals surface area contributed by atoms with Crippen molar-refractivity contribution >= 4 is 12.5 Å². The van der Waals surface area contributed by atoms with Crippen LogP contribution < -0.4 is 5.32 Å². The summed E-state index contributed by atoms with van der Waals surface area (Å²) >= 11 is 0. The second-order valence-electron chi connectivity index (χ2n) is 4.10. The molecule has 2 aromatic rings. The molecule has 0 saturated carbocycles. The largest absolute Gasteiger partial charge is 0.387 e. The molecular formula is C14H20N4O3. The van der Waals surface area contributed by atoms with Crippen LogP contribution in [0.25, 0.3) is 11.5 Å². The van der Waals surface area contributed by atoms with Crippen molar-refractivity contribution in [3.8, 4) is 11.5 Å². The van der Waals surface area contributed by atoms with Crippen LogP contribution in [0.5, 0.6) is 0 Å². The molecule has 2 heterocycles. The van der Waals surface area contributed by atoms with Crippen molar-refractivity contribution in [1.82, 2.24) is 15.1 Å². The molecule has 0 bridgehead atoms. The highest BCUT2D eigenvalue weighted by molar-refractivity contribution is 5.58. The fraction of sp³-hybridized carbons (Fsp3) is 0.429. The summed E-state index contributed by atoms with van der Waals surface area (Å²) in [4.78, 5) is 16.7. The SMILES string of the molecule is C=O.CCOCCc1nc(-c2ncc(NC)cc2C)no1. The number of anilines is 1. The van der Waals surface area contributed by atoms with Crippen LogP contribution in [0.1, 0.15) is 18.4 Å². The van der Waals surface area contributed by atoms with Crippen molar-refractivity contribution in [2.24, 2.45) is 0 Å². The molecule has 0 unspecified atom stereocenters. The Morgan fingerprint density at radius 3 is 2.81 bits per heavy atom. The van der Waals surface area contributed by atoms with Gasteiger partial charge in [0.05, 0.1) is 24.9 Å². The Morgan fingerprint density at radius 1 is 1.43 bits per heavy atom. The Bertz CT molecular complexity index is 557. The first-order valence-electron chi connectivity index (χ1n) is 6.58. The summed E-state index contributed by atoms with van der Waals surface area (Å²) in [5, 5.41) is 7.00. The number of aryl methyl sites for hydroxylation is 1. The minimum atomic E-state index is 0.520. The number of hydrogen-bond acceptors (Lipinski definition) is 7. The van der Waals surface area contributed by atoms with Crippen LogP contribution in [0, 0.1) is 6.92 Å². The fourth-order valence-electron chi connectivity index (χ4n) is 1.70. The molecular weight excluding hydrogens is 272 g/mol. The Morgan fingerprint density at radius 2 is 2.19 bits per heavy atom. The molecule has 0 fully saturated rings. The molecule has 2 rings (SSSR count). The zero-order valence-electron chi connectivity index (χ0n) is 12.5. The second-order valence-corrected chi connectivity index (χ2v) is 4.10. The van der Waals surface area contributed by atoms with Gasteiger partial charge in [0.1, 0.15) is 12.5 Å². The molecule has 7 heteroatoms. The molecule has 7 nitrogen and oxygen atoms in total. The third-order valence-corrected chi connectivity index (χ3v) is 2.71. The molecule has 0 aliphatic heterocycles. The van der Waals surface area contributed by atoms with Crippen LogP contribution in [0.15, 0.2) is 16.8 Å². The summed E-state index contributed by atoms with van der Waals surface area (Å²) in [5.41, 5.74) is 2.70. The van der Waals surface area contributed by atoms with Crippen LogP contribution >= 0.6 is 0 Å². The molecule has 2 aromatic heterocycles. The molecule has 1 N–H and O–H groups in total. The quantitative estimate of drug-likeness (QED) is 0.813. The highest BCUT2D eigenvalue weighted by Crippen LogP contribution is 2.20. The minimum absolute atomic E-state index is 0.520. The van der Waals surface area contributed by atoms with Crippen molar-refractivity contribution in [1.29, 1.82) is 0 Å². The van der Waals surface area contributed by atoms with Gasteiger partial charge in [0.25, 0.3) is 0 Å². The lowest BCUT2D eigenvalue weighted by Crippen LogP contribution is -1.98. The van der Waals surface area contributed by atoms with E-state index in [9.17, 15) is 0 Å². The summed E-state index contributed by atoms with van der Waals surface area (Å²) in [5.74, 6) is 1.09. The molecule has 0 aliphatic rings. The molecule has 0 saturated heterocycles. The van der Waals surface area contributed by atoms with E-state index in [-0.39, 0.29) is 0 Å². The van der Waals surface area contributed by atoms with E-state index in [1.807, 2.05) is 33.8 Å². The van der Waals surface area contributed by atoms with Gasteiger partial charge in [0.15, 0.2) is 0 Å². The van der Waals surface area contributed by atoms with Gasteiger partial charge in [0, 0.05) is 13.7 Å². The first kappa shape index (κ1) is 16.8. The van der Waals surface area contributed by atoms with Gasteiger partial charge in [-0.05, 0) is 25.5 Å². The number of carbonyl (C=O) groups is 1. The average Bonchev–Trinajstić information content (AvgIpc) is 2.98. The summed E-state index contributed by atoms with van der Waals surface area (Å²) in [6.07, 6.45) is 2.37. The summed E-state index contributed by atoms with van der Waals surface area (Å²) in [6.45, 7) is 7.20. The maximum atomic E-state index is 8.00. The Labute approximate surface area is 123 Å².